The molecule has 3 fully saturated rings. The Kier molecular flexibility index (Phi) is 8.25. The van der Waals surface area contributed by atoms with E-state index in [1.54, 1.807) is 31.5 Å². The molecule has 0 bridgehead atoms. The van der Waals surface area contributed by atoms with Gasteiger partial charge in [-0.3, -0.25) is 4.90 Å². The van der Waals surface area contributed by atoms with Crippen LogP contribution in [0.5, 0.6) is 11.6 Å². The molecule has 0 spiro atoms. The van der Waals surface area contributed by atoms with Gasteiger partial charge in [0.15, 0.2) is 6.10 Å². The number of halogens is 2. The Bertz CT molecular complexity index is 1500. The van der Waals surface area contributed by atoms with E-state index in [4.69, 9.17) is 14.2 Å². The largest absolute Gasteiger partial charge is 0.483 e. The molecule has 2 aromatic heterocycles. The van der Waals surface area contributed by atoms with Crippen molar-refractivity contribution < 1.29 is 23.0 Å². The molecule has 43 heavy (non-hydrogen) atoms. The van der Waals surface area contributed by atoms with Gasteiger partial charge in [-0.2, -0.15) is 10.2 Å². The van der Waals surface area contributed by atoms with Crippen LogP contribution in [0.2, 0.25) is 0 Å². The number of piperazine rings is 1. The number of pyridine rings is 1. The fourth-order valence-electron chi connectivity index (χ4n) is 5.67. The molecular weight excluding hydrogens is 558 g/mol. The topological polar surface area (TPSA) is 121 Å². The molecule has 226 valence electrons. The zero-order valence-electron chi connectivity index (χ0n) is 24.1. The maximum atomic E-state index is 14.3. The SMILES string of the molecule is COc1nc(Nc2nccc(-c3ccc(OC4CCNCC4(F)F)c(C#N)c3)n2)ccc1N1CCN(C2COC2)C[C@H]1C. The summed E-state index contributed by atoms with van der Waals surface area (Å²) in [6.45, 7) is 6.55. The first-order chi connectivity index (χ1) is 20.8. The Hall–Kier alpha value is -4.12. The smallest absolute Gasteiger partial charge is 0.296 e. The van der Waals surface area contributed by atoms with E-state index in [1.165, 1.54) is 6.07 Å². The van der Waals surface area contributed by atoms with Crippen LogP contribution in [0.1, 0.15) is 18.9 Å². The minimum Gasteiger partial charge on any atom is -0.483 e. The van der Waals surface area contributed by atoms with Gasteiger partial charge in [0, 0.05) is 43.9 Å². The second-order valence-electron chi connectivity index (χ2n) is 11.0. The number of hydrogen-bond acceptors (Lipinski definition) is 11. The molecular formula is C30H34F2N8O3. The maximum Gasteiger partial charge on any atom is 0.296 e. The predicted octanol–water partition coefficient (Wildman–Crippen LogP) is 3.45. The van der Waals surface area contributed by atoms with Gasteiger partial charge in [0.2, 0.25) is 11.8 Å². The van der Waals surface area contributed by atoms with E-state index in [-0.39, 0.29) is 23.8 Å². The van der Waals surface area contributed by atoms with Crippen LogP contribution < -0.4 is 25.0 Å². The molecule has 0 amide bonds. The van der Waals surface area contributed by atoms with E-state index in [9.17, 15) is 14.0 Å². The lowest BCUT2D eigenvalue weighted by molar-refractivity contribution is -0.109. The van der Waals surface area contributed by atoms with Crippen molar-refractivity contribution in [3.63, 3.8) is 0 Å². The van der Waals surface area contributed by atoms with E-state index in [0.29, 0.717) is 41.5 Å². The summed E-state index contributed by atoms with van der Waals surface area (Å²) < 4.78 is 45.2. The van der Waals surface area contributed by atoms with Crippen molar-refractivity contribution >= 4 is 17.5 Å². The summed E-state index contributed by atoms with van der Waals surface area (Å²) in [5.74, 6) is -1.58. The summed E-state index contributed by atoms with van der Waals surface area (Å²) in [5.41, 5.74) is 2.24. The number of alkyl halides is 2. The Balaban J connectivity index is 1.16. The second kappa shape index (κ2) is 12.2. The van der Waals surface area contributed by atoms with E-state index < -0.39 is 18.6 Å². The van der Waals surface area contributed by atoms with Crippen LogP contribution in [0, 0.1) is 11.3 Å². The number of nitrogens with one attached hydrogen (secondary N) is 2. The van der Waals surface area contributed by atoms with Crippen LogP contribution in [-0.4, -0.2) is 97.0 Å². The number of nitriles is 1. The molecule has 2 atom stereocenters. The molecule has 6 rings (SSSR count). The molecule has 0 aliphatic carbocycles. The molecule has 3 aromatic rings. The first-order valence-electron chi connectivity index (χ1n) is 14.4. The van der Waals surface area contributed by atoms with Crippen molar-refractivity contribution in [1.82, 2.24) is 25.2 Å². The standard InChI is InChI=1S/C30H34F2N8O3/c1-19-15-39(22-16-42-17-22)11-12-40(19)24-4-6-27(37-28(24)41-2)38-29-35-10-7-23(36-29)20-3-5-25(21(13-20)14-33)43-26-8-9-34-18-30(26,31)32/h3-7,10,13,19,22,26,34H,8-9,11-12,15-18H2,1-2H3,(H,35,36,37,38)/t19-,26?/m1/s1. The van der Waals surface area contributed by atoms with Gasteiger partial charge < -0.3 is 29.7 Å². The van der Waals surface area contributed by atoms with E-state index in [0.717, 1.165) is 38.5 Å². The number of piperidine rings is 1. The van der Waals surface area contributed by atoms with Crippen LogP contribution in [-0.2, 0) is 4.74 Å². The minimum atomic E-state index is -3.02. The molecule has 0 saturated carbocycles. The number of ether oxygens (including phenoxy) is 3. The molecule has 3 aliphatic rings. The highest BCUT2D eigenvalue weighted by molar-refractivity contribution is 5.66. The van der Waals surface area contributed by atoms with Crippen molar-refractivity contribution in [2.45, 2.75) is 37.5 Å². The van der Waals surface area contributed by atoms with Crippen LogP contribution in [0.3, 0.4) is 0 Å². The third-order valence-corrected chi connectivity index (χ3v) is 8.11. The Labute approximate surface area is 248 Å². The van der Waals surface area contributed by atoms with Crippen LogP contribution in [0.25, 0.3) is 11.3 Å². The van der Waals surface area contributed by atoms with Gasteiger partial charge >= 0.3 is 0 Å². The average molecular weight is 593 g/mol. The van der Waals surface area contributed by atoms with Crippen LogP contribution in [0.15, 0.2) is 42.6 Å². The van der Waals surface area contributed by atoms with Gasteiger partial charge in [-0.1, -0.05) is 0 Å². The lowest BCUT2D eigenvalue weighted by Gasteiger charge is -2.46. The van der Waals surface area contributed by atoms with Gasteiger partial charge in [0.1, 0.15) is 23.3 Å². The first kappa shape index (κ1) is 29.0. The van der Waals surface area contributed by atoms with Gasteiger partial charge in [0.25, 0.3) is 5.92 Å². The third kappa shape index (κ3) is 6.17. The van der Waals surface area contributed by atoms with Gasteiger partial charge in [-0.05, 0) is 49.9 Å². The number of hydrogen-bond donors (Lipinski definition) is 2. The third-order valence-electron chi connectivity index (χ3n) is 8.11. The number of methoxy groups -OCH3 is 1. The van der Waals surface area contributed by atoms with Crippen molar-refractivity contribution in [2.24, 2.45) is 0 Å². The number of rotatable bonds is 8. The lowest BCUT2D eigenvalue weighted by Crippen LogP contribution is -2.59. The number of benzene rings is 1. The molecule has 5 heterocycles. The molecule has 13 heteroatoms. The first-order valence-corrected chi connectivity index (χ1v) is 14.4. The van der Waals surface area contributed by atoms with Gasteiger partial charge in [-0.25, -0.2) is 18.7 Å². The van der Waals surface area contributed by atoms with E-state index >= 15 is 0 Å². The average Bonchev–Trinajstić information content (AvgIpc) is 2.98. The molecule has 11 nitrogen and oxygen atoms in total. The second-order valence-corrected chi connectivity index (χ2v) is 11.0. The summed E-state index contributed by atoms with van der Waals surface area (Å²) >= 11 is 0. The zero-order valence-corrected chi connectivity index (χ0v) is 24.1. The summed E-state index contributed by atoms with van der Waals surface area (Å²) in [6.07, 6.45) is 0.441. The van der Waals surface area contributed by atoms with Crippen molar-refractivity contribution in [3.8, 4) is 29.0 Å². The highest BCUT2D eigenvalue weighted by Crippen LogP contribution is 2.34. The normalized spacial score (nSPS) is 22.3. The minimum absolute atomic E-state index is 0.120. The molecule has 2 N–H and O–H groups in total. The number of aromatic nitrogens is 3. The van der Waals surface area contributed by atoms with Crippen molar-refractivity contribution in [2.75, 3.05) is 63.3 Å². The number of nitrogens with zero attached hydrogens (tertiary/aromatic N) is 6. The highest BCUT2D eigenvalue weighted by atomic mass is 19.3. The van der Waals surface area contributed by atoms with E-state index in [1.807, 2.05) is 12.1 Å². The Morgan fingerprint density at radius 2 is 2.02 bits per heavy atom. The summed E-state index contributed by atoms with van der Waals surface area (Å²) in [7, 11) is 1.60. The van der Waals surface area contributed by atoms with Crippen molar-refractivity contribution in [3.05, 3.63) is 48.2 Å². The zero-order chi connectivity index (χ0) is 30.0. The van der Waals surface area contributed by atoms with Crippen molar-refractivity contribution in [1.29, 1.82) is 5.26 Å². The van der Waals surface area contributed by atoms with Crippen LogP contribution >= 0.6 is 0 Å². The fourth-order valence-corrected chi connectivity index (χ4v) is 5.67. The van der Waals surface area contributed by atoms with E-state index in [2.05, 4.69) is 48.4 Å². The maximum absolute atomic E-state index is 14.3. The number of anilines is 3. The molecule has 0 radical (unpaired) electrons. The Morgan fingerprint density at radius 3 is 2.74 bits per heavy atom. The monoisotopic (exact) mass is 592 g/mol. The van der Waals surface area contributed by atoms with Crippen LogP contribution in [0.4, 0.5) is 26.2 Å². The lowest BCUT2D eigenvalue weighted by atomic mass is 10.0. The summed E-state index contributed by atoms with van der Waals surface area (Å²) in [4.78, 5) is 18.4. The summed E-state index contributed by atoms with van der Waals surface area (Å²) in [5, 5.41) is 15.5. The van der Waals surface area contributed by atoms with Gasteiger partial charge in [-0.15, -0.1) is 0 Å². The quantitative estimate of drug-likeness (QED) is 0.400. The fraction of sp³-hybridized carbons (Fsp3) is 0.467. The highest BCUT2D eigenvalue weighted by Gasteiger charge is 2.43. The van der Waals surface area contributed by atoms with Gasteiger partial charge in [0.05, 0.1) is 44.2 Å². The molecule has 3 saturated heterocycles. The molecule has 3 aliphatic heterocycles. The predicted molar refractivity (Wildman–Crippen MR) is 156 cm³/mol. The molecule has 1 aromatic carbocycles. The summed E-state index contributed by atoms with van der Waals surface area (Å²) in [6, 6.07) is 13.2. The molecule has 1 unspecified atom stereocenters. The Morgan fingerprint density at radius 1 is 1.16 bits per heavy atom.